The molecular formula is C16H21N3O2. The summed E-state index contributed by atoms with van der Waals surface area (Å²) >= 11 is 0. The van der Waals surface area contributed by atoms with Crippen LogP contribution in [0, 0.1) is 0 Å². The van der Waals surface area contributed by atoms with E-state index >= 15 is 0 Å². The molecule has 0 aliphatic heterocycles. The lowest BCUT2D eigenvalue weighted by Crippen LogP contribution is -2.16. The minimum absolute atomic E-state index is 0.0266. The molecular weight excluding hydrogens is 266 g/mol. The first-order valence-corrected chi connectivity index (χ1v) is 6.87. The zero-order valence-electron chi connectivity index (χ0n) is 12.8. The molecule has 2 N–H and O–H groups in total. The van der Waals surface area contributed by atoms with E-state index in [0.29, 0.717) is 6.54 Å². The first kappa shape index (κ1) is 15.1. The van der Waals surface area contributed by atoms with Crippen LogP contribution in [0.4, 0.5) is 5.69 Å². The number of nitrogens with zero attached hydrogens (tertiary/aromatic N) is 2. The summed E-state index contributed by atoms with van der Waals surface area (Å²) in [6.45, 7) is 7.00. The fraction of sp³-hybridized carbons (Fsp3) is 0.375. The number of carboxylic acids is 1. The average Bonchev–Trinajstić information content (AvgIpc) is 2.78. The Hall–Kier alpha value is -2.30. The fourth-order valence-corrected chi connectivity index (χ4v) is 2.26. The number of benzene rings is 1. The van der Waals surface area contributed by atoms with Crippen LogP contribution in [0.3, 0.4) is 0 Å². The second kappa shape index (κ2) is 5.60. The van der Waals surface area contributed by atoms with Crippen molar-refractivity contribution < 1.29 is 9.90 Å². The first-order chi connectivity index (χ1) is 9.77. The summed E-state index contributed by atoms with van der Waals surface area (Å²) in [5.74, 6) is -0.921. The molecule has 0 atom stereocenters. The molecule has 0 fully saturated rings. The van der Waals surface area contributed by atoms with Crippen LogP contribution in [0.25, 0.3) is 0 Å². The van der Waals surface area contributed by atoms with Crippen LogP contribution in [-0.2, 0) is 19.0 Å². The Balaban J connectivity index is 2.17. The van der Waals surface area contributed by atoms with Gasteiger partial charge in [-0.05, 0) is 18.2 Å². The number of aryl methyl sites for hydroxylation is 1. The van der Waals surface area contributed by atoms with Gasteiger partial charge in [0.1, 0.15) is 0 Å². The number of anilines is 1. The number of carboxylic acid groups (broad SMARTS) is 1. The molecule has 21 heavy (non-hydrogen) atoms. The summed E-state index contributed by atoms with van der Waals surface area (Å²) in [4.78, 5) is 11.0. The molecule has 0 radical (unpaired) electrons. The lowest BCUT2D eigenvalue weighted by Gasteiger charge is -2.18. The van der Waals surface area contributed by atoms with Gasteiger partial charge in [-0.1, -0.05) is 26.8 Å². The zero-order chi connectivity index (χ0) is 15.6. The molecule has 2 rings (SSSR count). The third kappa shape index (κ3) is 3.62. The van der Waals surface area contributed by atoms with Gasteiger partial charge in [-0.3, -0.25) is 4.68 Å². The molecule has 1 heterocycles. The summed E-state index contributed by atoms with van der Waals surface area (Å²) in [6.07, 6.45) is 1.99. The van der Waals surface area contributed by atoms with Crippen molar-refractivity contribution in [2.24, 2.45) is 7.05 Å². The molecule has 5 heteroatoms. The van der Waals surface area contributed by atoms with Gasteiger partial charge in [-0.25, -0.2) is 4.79 Å². The highest BCUT2D eigenvalue weighted by Gasteiger charge is 2.21. The van der Waals surface area contributed by atoms with E-state index in [1.165, 1.54) is 0 Å². The topological polar surface area (TPSA) is 67.2 Å². The van der Waals surface area contributed by atoms with E-state index in [9.17, 15) is 4.79 Å². The van der Waals surface area contributed by atoms with E-state index in [2.05, 4.69) is 31.2 Å². The molecule has 112 valence electrons. The quantitative estimate of drug-likeness (QED) is 0.907. The van der Waals surface area contributed by atoms with Crippen molar-refractivity contribution in [2.45, 2.75) is 32.7 Å². The Kier molecular flexibility index (Phi) is 4.02. The Morgan fingerprint density at radius 2 is 2.10 bits per heavy atom. The van der Waals surface area contributed by atoms with Gasteiger partial charge in [-0.2, -0.15) is 5.10 Å². The minimum atomic E-state index is -0.921. The first-order valence-electron chi connectivity index (χ1n) is 6.87. The van der Waals surface area contributed by atoms with Crippen LogP contribution in [0.5, 0.6) is 0 Å². The summed E-state index contributed by atoms with van der Waals surface area (Å²) < 4.78 is 1.81. The molecule has 0 bridgehead atoms. The number of hydrogen-bond donors (Lipinski definition) is 2. The van der Waals surface area contributed by atoms with Crippen LogP contribution in [0.2, 0.25) is 0 Å². The van der Waals surface area contributed by atoms with E-state index in [1.54, 1.807) is 18.2 Å². The van der Waals surface area contributed by atoms with Crippen molar-refractivity contribution in [1.82, 2.24) is 9.78 Å². The maximum Gasteiger partial charge on any atom is 0.335 e. The van der Waals surface area contributed by atoms with Gasteiger partial charge in [0, 0.05) is 36.5 Å². The van der Waals surface area contributed by atoms with Gasteiger partial charge in [0.25, 0.3) is 0 Å². The second-order valence-corrected chi connectivity index (χ2v) is 6.17. The number of aromatic nitrogens is 2. The van der Waals surface area contributed by atoms with Crippen molar-refractivity contribution in [1.29, 1.82) is 0 Å². The maximum atomic E-state index is 11.0. The Bertz CT molecular complexity index is 654. The third-order valence-corrected chi connectivity index (χ3v) is 3.21. The minimum Gasteiger partial charge on any atom is -0.478 e. The molecule has 0 amide bonds. The number of hydrogen-bond acceptors (Lipinski definition) is 3. The van der Waals surface area contributed by atoms with Crippen LogP contribution in [-0.4, -0.2) is 20.9 Å². The smallest absolute Gasteiger partial charge is 0.335 e. The SMILES string of the molecule is Cn1cc(CNc2cccc(C(=O)O)c2)c(C(C)(C)C)n1. The Morgan fingerprint density at radius 3 is 2.71 bits per heavy atom. The van der Waals surface area contributed by atoms with Gasteiger partial charge in [0.05, 0.1) is 11.3 Å². The number of carbonyl (C=O) groups is 1. The predicted octanol–water partition coefficient (Wildman–Crippen LogP) is 3.03. The highest BCUT2D eigenvalue weighted by Crippen LogP contribution is 2.24. The van der Waals surface area contributed by atoms with Gasteiger partial charge < -0.3 is 10.4 Å². The van der Waals surface area contributed by atoms with Crippen molar-refractivity contribution in [2.75, 3.05) is 5.32 Å². The maximum absolute atomic E-state index is 11.0. The van der Waals surface area contributed by atoms with Crippen LogP contribution < -0.4 is 5.32 Å². The van der Waals surface area contributed by atoms with Crippen molar-refractivity contribution in [3.8, 4) is 0 Å². The summed E-state index contributed by atoms with van der Waals surface area (Å²) in [6, 6.07) is 6.81. The molecule has 0 spiro atoms. The lowest BCUT2D eigenvalue weighted by molar-refractivity contribution is 0.0697. The molecule has 1 aromatic heterocycles. The molecule has 2 aromatic rings. The van der Waals surface area contributed by atoms with E-state index < -0.39 is 5.97 Å². The van der Waals surface area contributed by atoms with Crippen molar-refractivity contribution >= 4 is 11.7 Å². The van der Waals surface area contributed by atoms with E-state index in [-0.39, 0.29) is 11.0 Å². The molecule has 0 unspecified atom stereocenters. The molecule has 0 saturated carbocycles. The third-order valence-electron chi connectivity index (χ3n) is 3.21. The Labute approximate surface area is 124 Å². The highest BCUT2D eigenvalue weighted by molar-refractivity contribution is 5.88. The predicted molar refractivity (Wildman–Crippen MR) is 82.6 cm³/mol. The van der Waals surface area contributed by atoms with Gasteiger partial charge in [0.2, 0.25) is 0 Å². The highest BCUT2D eigenvalue weighted by atomic mass is 16.4. The summed E-state index contributed by atoms with van der Waals surface area (Å²) in [7, 11) is 1.91. The van der Waals surface area contributed by atoms with Crippen LogP contribution in [0.1, 0.15) is 42.4 Å². The Morgan fingerprint density at radius 1 is 1.38 bits per heavy atom. The molecule has 0 saturated heterocycles. The van der Waals surface area contributed by atoms with Gasteiger partial charge >= 0.3 is 5.97 Å². The van der Waals surface area contributed by atoms with Gasteiger partial charge in [-0.15, -0.1) is 0 Å². The second-order valence-electron chi connectivity index (χ2n) is 6.17. The van der Waals surface area contributed by atoms with E-state index in [4.69, 9.17) is 5.11 Å². The molecule has 0 aliphatic carbocycles. The van der Waals surface area contributed by atoms with E-state index in [0.717, 1.165) is 16.9 Å². The molecule has 1 aromatic carbocycles. The molecule has 5 nitrogen and oxygen atoms in total. The lowest BCUT2D eigenvalue weighted by atomic mass is 9.89. The monoisotopic (exact) mass is 287 g/mol. The summed E-state index contributed by atoms with van der Waals surface area (Å²) in [5.41, 5.74) is 3.21. The fourth-order valence-electron chi connectivity index (χ4n) is 2.26. The van der Waals surface area contributed by atoms with Crippen molar-refractivity contribution in [3.05, 3.63) is 47.3 Å². The number of aromatic carboxylic acids is 1. The standard InChI is InChI=1S/C16H21N3O2/c1-16(2,3)14-12(10-19(4)18-14)9-17-13-7-5-6-11(8-13)15(20)21/h5-8,10,17H,9H2,1-4H3,(H,20,21). The van der Waals surface area contributed by atoms with Crippen LogP contribution in [0.15, 0.2) is 30.5 Å². The zero-order valence-corrected chi connectivity index (χ0v) is 12.8. The van der Waals surface area contributed by atoms with Crippen LogP contribution >= 0.6 is 0 Å². The van der Waals surface area contributed by atoms with Gasteiger partial charge in [0.15, 0.2) is 0 Å². The van der Waals surface area contributed by atoms with E-state index in [1.807, 2.05) is 24.0 Å². The number of rotatable bonds is 4. The largest absolute Gasteiger partial charge is 0.478 e. The van der Waals surface area contributed by atoms with Crippen molar-refractivity contribution in [3.63, 3.8) is 0 Å². The normalized spacial score (nSPS) is 11.4. The average molecular weight is 287 g/mol. The number of nitrogens with one attached hydrogen (secondary N) is 1. The summed E-state index contributed by atoms with van der Waals surface area (Å²) in [5, 5.41) is 16.8. The molecule has 0 aliphatic rings.